The van der Waals surface area contributed by atoms with Crippen LogP contribution in [-0.2, 0) is 4.79 Å². The van der Waals surface area contributed by atoms with Crippen molar-refractivity contribution in [3.8, 4) is 6.07 Å². The predicted octanol–water partition coefficient (Wildman–Crippen LogP) is 1.79. The Morgan fingerprint density at radius 1 is 1.62 bits per heavy atom. The molecule has 13 heavy (non-hydrogen) atoms. The maximum absolute atomic E-state index is 11.8. The van der Waals surface area contributed by atoms with Crippen molar-refractivity contribution >= 4 is 5.91 Å². The number of nitriles is 1. The molecule has 0 aliphatic carbocycles. The predicted molar refractivity (Wildman–Crippen MR) is 51.9 cm³/mol. The van der Waals surface area contributed by atoms with Gasteiger partial charge in [-0.1, -0.05) is 20.8 Å². The second-order valence-corrected chi connectivity index (χ2v) is 3.96. The van der Waals surface area contributed by atoms with Crippen LogP contribution in [-0.4, -0.2) is 23.9 Å². The number of nitrogens with zero attached hydrogens (tertiary/aromatic N) is 2. The van der Waals surface area contributed by atoms with E-state index in [0.29, 0.717) is 0 Å². The molecular weight excluding hydrogens is 164 g/mol. The zero-order valence-electron chi connectivity index (χ0n) is 9.09. The number of rotatable bonds is 3. The number of hydrogen-bond donors (Lipinski definition) is 0. The van der Waals surface area contributed by atoms with Crippen LogP contribution in [0.3, 0.4) is 0 Å². The van der Waals surface area contributed by atoms with Crippen LogP contribution in [0.2, 0.25) is 0 Å². The summed E-state index contributed by atoms with van der Waals surface area (Å²) in [4.78, 5) is 13.3. The quantitative estimate of drug-likeness (QED) is 0.668. The standard InChI is InChI=1S/C10H18N2O/c1-6-10(3,4)9(13)12(5)8(2)7-11/h8H,6H2,1-5H3. The smallest absolute Gasteiger partial charge is 0.229 e. The number of hydrogen-bond acceptors (Lipinski definition) is 2. The van der Waals surface area contributed by atoms with Crippen molar-refractivity contribution in [3.05, 3.63) is 0 Å². The van der Waals surface area contributed by atoms with Gasteiger partial charge in [-0.2, -0.15) is 5.26 Å². The van der Waals surface area contributed by atoms with Gasteiger partial charge >= 0.3 is 0 Å². The topological polar surface area (TPSA) is 44.1 Å². The van der Waals surface area contributed by atoms with Crippen molar-refractivity contribution in [2.45, 2.75) is 40.2 Å². The lowest BCUT2D eigenvalue weighted by molar-refractivity contribution is -0.140. The van der Waals surface area contributed by atoms with Crippen molar-refractivity contribution in [1.82, 2.24) is 4.90 Å². The molecular formula is C10H18N2O. The molecule has 0 fully saturated rings. The Balaban J connectivity index is 4.54. The van der Waals surface area contributed by atoms with E-state index in [1.807, 2.05) is 26.8 Å². The summed E-state index contributed by atoms with van der Waals surface area (Å²) in [5, 5.41) is 8.65. The van der Waals surface area contributed by atoms with Gasteiger partial charge < -0.3 is 4.90 Å². The van der Waals surface area contributed by atoms with E-state index in [0.717, 1.165) is 6.42 Å². The fraction of sp³-hybridized carbons (Fsp3) is 0.800. The Kier molecular flexibility index (Phi) is 3.93. The second kappa shape index (κ2) is 4.27. The van der Waals surface area contributed by atoms with Gasteiger partial charge in [0, 0.05) is 12.5 Å². The molecule has 0 aromatic heterocycles. The van der Waals surface area contributed by atoms with Crippen LogP contribution in [0, 0.1) is 16.7 Å². The first-order valence-corrected chi connectivity index (χ1v) is 4.53. The first kappa shape index (κ1) is 12.0. The summed E-state index contributed by atoms with van der Waals surface area (Å²) in [6.07, 6.45) is 0.786. The summed E-state index contributed by atoms with van der Waals surface area (Å²) in [7, 11) is 1.67. The largest absolute Gasteiger partial charge is 0.330 e. The molecule has 1 atom stereocenters. The van der Waals surface area contributed by atoms with E-state index in [-0.39, 0.29) is 17.4 Å². The summed E-state index contributed by atoms with van der Waals surface area (Å²) >= 11 is 0. The molecule has 0 aromatic carbocycles. The maximum atomic E-state index is 11.8. The van der Waals surface area contributed by atoms with E-state index in [1.165, 1.54) is 4.90 Å². The first-order valence-electron chi connectivity index (χ1n) is 4.53. The Labute approximate surface area is 80.3 Å². The highest BCUT2D eigenvalue weighted by molar-refractivity contribution is 5.82. The molecule has 0 spiro atoms. The average Bonchev–Trinajstić information content (AvgIpc) is 2.14. The summed E-state index contributed by atoms with van der Waals surface area (Å²) in [5.74, 6) is 0.0315. The van der Waals surface area contributed by atoms with Gasteiger partial charge in [-0.15, -0.1) is 0 Å². The van der Waals surface area contributed by atoms with Gasteiger partial charge in [-0.3, -0.25) is 4.79 Å². The van der Waals surface area contributed by atoms with E-state index in [2.05, 4.69) is 0 Å². The molecule has 0 heterocycles. The van der Waals surface area contributed by atoms with E-state index >= 15 is 0 Å². The Hall–Kier alpha value is -1.04. The molecule has 0 N–H and O–H groups in total. The normalized spacial score (nSPS) is 13.2. The van der Waals surface area contributed by atoms with Gasteiger partial charge in [0.1, 0.15) is 6.04 Å². The molecule has 0 aliphatic rings. The lowest BCUT2D eigenvalue weighted by atomic mass is 9.88. The van der Waals surface area contributed by atoms with Gasteiger partial charge in [-0.05, 0) is 13.3 Å². The van der Waals surface area contributed by atoms with Crippen LogP contribution in [0.5, 0.6) is 0 Å². The molecule has 3 nitrogen and oxygen atoms in total. The third-order valence-corrected chi connectivity index (χ3v) is 2.55. The highest BCUT2D eigenvalue weighted by Crippen LogP contribution is 2.23. The monoisotopic (exact) mass is 182 g/mol. The Morgan fingerprint density at radius 3 is 2.38 bits per heavy atom. The lowest BCUT2D eigenvalue weighted by Crippen LogP contribution is -2.42. The molecule has 0 rings (SSSR count). The summed E-state index contributed by atoms with van der Waals surface area (Å²) < 4.78 is 0. The van der Waals surface area contributed by atoms with Gasteiger partial charge in [0.25, 0.3) is 0 Å². The van der Waals surface area contributed by atoms with E-state index < -0.39 is 0 Å². The first-order chi connectivity index (χ1) is 5.86. The van der Waals surface area contributed by atoms with Crippen molar-refractivity contribution in [1.29, 1.82) is 5.26 Å². The molecule has 1 unspecified atom stereocenters. The van der Waals surface area contributed by atoms with Crippen molar-refractivity contribution < 1.29 is 4.79 Å². The van der Waals surface area contributed by atoms with Crippen LogP contribution in [0.25, 0.3) is 0 Å². The zero-order chi connectivity index (χ0) is 10.6. The minimum Gasteiger partial charge on any atom is -0.330 e. The van der Waals surface area contributed by atoms with Gasteiger partial charge in [0.05, 0.1) is 6.07 Å². The molecule has 74 valence electrons. The number of amides is 1. The van der Waals surface area contributed by atoms with Crippen LogP contribution in [0.1, 0.15) is 34.1 Å². The van der Waals surface area contributed by atoms with Crippen LogP contribution in [0.4, 0.5) is 0 Å². The van der Waals surface area contributed by atoms with Crippen molar-refractivity contribution in [2.75, 3.05) is 7.05 Å². The third-order valence-electron chi connectivity index (χ3n) is 2.55. The molecule has 0 aliphatic heterocycles. The molecule has 0 bridgehead atoms. The highest BCUT2D eigenvalue weighted by atomic mass is 16.2. The van der Waals surface area contributed by atoms with Crippen LogP contribution < -0.4 is 0 Å². The van der Waals surface area contributed by atoms with Crippen LogP contribution in [0.15, 0.2) is 0 Å². The zero-order valence-corrected chi connectivity index (χ0v) is 9.09. The summed E-state index contributed by atoms with van der Waals surface area (Å²) in [6.45, 7) is 7.50. The second-order valence-electron chi connectivity index (χ2n) is 3.96. The number of carbonyl (C=O) groups excluding carboxylic acids is 1. The molecule has 0 radical (unpaired) electrons. The van der Waals surface area contributed by atoms with E-state index in [4.69, 9.17) is 5.26 Å². The number of carbonyl (C=O) groups is 1. The fourth-order valence-electron chi connectivity index (χ4n) is 0.891. The van der Waals surface area contributed by atoms with E-state index in [1.54, 1.807) is 14.0 Å². The fourth-order valence-corrected chi connectivity index (χ4v) is 0.891. The summed E-state index contributed by atoms with van der Waals surface area (Å²) in [5.41, 5.74) is -0.361. The average molecular weight is 182 g/mol. The molecule has 1 amide bonds. The highest BCUT2D eigenvalue weighted by Gasteiger charge is 2.30. The molecule has 0 saturated carbocycles. The van der Waals surface area contributed by atoms with Gasteiger partial charge in [-0.25, -0.2) is 0 Å². The lowest BCUT2D eigenvalue weighted by Gasteiger charge is -2.29. The van der Waals surface area contributed by atoms with Gasteiger partial charge in [0.2, 0.25) is 5.91 Å². The van der Waals surface area contributed by atoms with Gasteiger partial charge in [0.15, 0.2) is 0 Å². The van der Waals surface area contributed by atoms with E-state index in [9.17, 15) is 4.79 Å². The van der Waals surface area contributed by atoms with Crippen LogP contribution >= 0.6 is 0 Å². The molecule has 0 saturated heterocycles. The Morgan fingerprint density at radius 2 is 2.08 bits per heavy atom. The molecule has 3 heteroatoms. The maximum Gasteiger partial charge on any atom is 0.229 e. The SMILES string of the molecule is CCC(C)(C)C(=O)N(C)C(C)C#N. The minimum absolute atomic E-state index is 0.0315. The molecule has 0 aromatic rings. The minimum atomic E-state index is -0.361. The summed E-state index contributed by atoms with van der Waals surface area (Å²) in [6, 6.07) is 1.70. The Bertz CT molecular complexity index is 228. The third kappa shape index (κ3) is 2.73. The van der Waals surface area contributed by atoms with Crippen molar-refractivity contribution in [3.63, 3.8) is 0 Å². The van der Waals surface area contributed by atoms with Crippen molar-refractivity contribution in [2.24, 2.45) is 5.41 Å².